The van der Waals surface area contributed by atoms with Gasteiger partial charge in [0.1, 0.15) is 0 Å². The maximum Gasteiger partial charge on any atom is 0.350 e. The quantitative estimate of drug-likeness (QED) is 0.594. The van der Waals surface area contributed by atoms with E-state index < -0.39 is 0 Å². The molecule has 2 heterocycles. The third-order valence-corrected chi connectivity index (χ3v) is 2.56. The third-order valence-electron chi connectivity index (χ3n) is 2.56. The first-order chi connectivity index (χ1) is 8.72. The van der Waals surface area contributed by atoms with E-state index in [4.69, 9.17) is 0 Å². The summed E-state index contributed by atoms with van der Waals surface area (Å²) in [6, 6.07) is 0. The van der Waals surface area contributed by atoms with Gasteiger partial charge < -0.3 is 5.32 Å². The molecule has 1 N–H and O–H groups in total. The Labute approximate surface area is 105 Å². The average Bonchev–Trinajstić information content (AvgIpc) is 2.67. The fourth-order valence-corrected chi connectivity index (χ4v) is 1.69. The number of rotatable bonds is 6. The molecule has 0 amide bonds. The van der Waals surface area contributed by atoms with Gasteiger partial charge in [-0.05, 0) is 18.5 Å². The van der Waals surface area contributed by atoms with Crippen LogP contribution in [0.4, 0.5) is 0 Å². The molecule has 18 heavy (non-hydrogen) atoms. The minimum absolute atomic E-state index is 0.163. The van der Waals surface area contributed by atoms with Gasteiger partial charge in [0.25, 0.3) is 0 Å². The molecule has 0 spiro atoms. The van der Waals surface area contributed by atoms with Crippen LogP contribution in [0.3, 0.4) is 0 Å². The van der Waals surface area contributed by atoms with E-state index in [1.54, 1.807) is 18.6 Å². The highest BCUT2D eigenvalue weighted by Gasteiger charge is 2.06. The van der Waals surface area contributed by atoms with E-state index in [2.05, 4.69) is 28.9 Å². The van der Waals surface area contributed by atoms with Crippen molar-refractivity contribution in [2.45, 2.75) is 19.9 Å². The van der Waals surface area contributed by atoms with Crippen molar-refractivity contribution in [2.75, 3.05) is 13.1 Å². The molecule has 0 saturated carbocycles. The van der Waals surface area contributed by atoms with Gasteiger partial charge in [-0.25, -0.2) is 13.9 Å². The molecule has 0 atom stereocenters. The molecule has 6 heteroatoms. The number of hydrogen-bond acceptors (Lipinski definition) is 4. The van der Waals surface area contributed by atoms with Crippen LogP contribution in [0.15, 0.2) is 35.5 Å². The third kappa shape index (κ3) is 2.65. The monoisotopic (exact) mass is 247 g/mol. The molecule has 2 aromatic rings. The molecule has 0 fully saturated rings. The Kier molecular flexibility index (Phi) is 3.88. The highest BCUT2D eigenvalue weighted by Crippen LogP contribution is 1.96. The van der Waals surface area contributed by atoms with Gasteiger partial charge in [0.05, 0.1) is 12.7 Å². The van der Waals surface area contributed by atoms with Crippen molar-refractivity contribution >= 4 is 5.65 Å². The van der Waals surface area contributed by atoms with Gasteiger partial charge in [-0.3, -0.25) is 4.98 Å². The zero-order chi connectivity index (χ0) is 13.0. The fraction of sp³-hybridized carbons (Fsp3) is 0.417. The van der Waals surface area contributed by atoms with E-state index in [1.165, 1.54) is 9.08 Å². The van der Waals surface area contributed by atoms with Gasteiger partial charge in [-0.2, -0.15) is 0 Å². The lowest BCUT2D eigenvalue weighted by molar-refractivity contribution is 0.616. The summed E-state index contributed by atoms with van der Waals surface area (Å²) in [5.74, 6) is 0. The van der Waals surface area contributed by atoms with E-state index >= 15 is 0 Å². The van der Waals surface area contributed by atoms with Crippen molar-refractivity contribution in [1.82, 2.24) is 24.5 Å². The molecule has 0 unspecified atom stereocenters. The van der Waals surface area contributed by atoms with Crippen LogP contribution in [0.5, 0.6) is 0 Å². The molecule has 0 aliphatic heterocycles. The topological polar surface area (TPSA) is 64.2 Å². The maximum atomic E-state index is 12.0. The Morgan fingerprint density at radius 3 is 3.11 bits per heavy atom. The van der Waals surface area contributed by atoms with E-state index in [9.17, 15) is 4.79 Å². The lowest BCUT2D eigenvalue weighted by atomic mass is 10.3. The molecule has 0 radical (unpaired) electrons. The summed E-state index contributed by atoms with van der Waals surface area (Å²) in [4.78, 5) is 15.9. The van der Waals surface area contributed by atoms with Gasteiger partial charge in [0.15, 0.2) is 5.65 Å². The summed E-state index contributed by atoms with van der Waals surface area (Å²) in [7, 11) is 0. The lowest BCUT2D eigenvalue weighted by Crippen LogP contribution is -2.25. The molecule has 2 aromatic heterocycles. The number of hydrogen-bond donors (Lipinski definition) is 1. The Balaban J connectivity index is 2.10. The molecule has 0 aliphatic carbocycles. The Bertz CT molecular complexity index is 598. The molecule has 2 rings (SSSR count). The highest BCUT2D eigenvalue weighted by atomic mass is 16.2. The van der Waals surface area contributed by atoms with E-state index in [-0.39, 0.29) is 5.69 Å². The van der Waals surface area contributed by atoms with E-state index in [0.29, 0.717) is 18.7 Å². The Hall–Kier alpha value is -1.95. The molecule has 0 aliphatic rings. The zero-order valence-corrected chi connectivity index (χ0v) is 10.5. The van der Waals surface area contributed by atoms with Crippen LogP contribution >= 0.6 is 0 Å². The minimum Gasteiger partial charge on any atom is -0.313 e. The van der Waals surface area contributed by atoms with Crippen molar-refractivity contribution < 1.29 is 0 Å². The van der Waals surface area contributed by atoms with Gasteiger partial charge in [0.2, 0.25) is 0 Å². The standard InChI is InChI=1S/C12H17N5O/c1-3-4-13-7-10(2)9-17-12(18)16-6-5-14-8-11(16)15-17/h5-6,8,13H,2-4,7,9H2,1H3. The molecule has 96 valence electrons. The predicted octanol–water partition coefficient (Wildman–Crippen LogP) is 0.447. The Morgan fingerprint density at radius 2 is 2.39 bits per heavy atom. The summed E-state index contributed by atoms with van der Waals surface area (Å²) in [6.45, 7) is 8.13. The molecule has 0 bridgehead atoms. The Morgan fingerprint density at radius 1 is 1.56 bits per heavy atom. The van der Waals surface area contributed by atoms with Crippen molar-refractivity contribution in [3.8, 4) is 0 Å². The van der Waals surface area contributed by atoms with E-state index in [0.717, 1.165) is 18.5 Å². The SMILES string of the molecule is C=C(CNCCC)Cn1nc2cnccn2c1=O. The van der Waals surface area contributed by atoms with Gasteiger partial charge in [-0.1, -0.05) is 13.5 Å². The fourth-order valence-electron chi connectivity index (χ4n) is 1.69. The first-order valence-corrected chi connectivity index (χ1v) is 5.99. The second-order valence-electron chi connectivity index (χ2n) is 4.17. The van der Waals surface area contributed by atoms with Crippen LogP contribution in [-0.4, -0.2) is 32.3 Å². The minimum atomic E-state index is -0.163. The summed E-state index contributed by atoms with van der Waals surface area (Å²) >= 11 is 0. The highest BCUT2D eigenvalue weighted by molar-refractivity contribution is 5.31. The lowest BCUT2D eigenvalue weighted by Gasteiger charge is -2.05. The van der Waals surface area contributed by atoms with Crippen molar-refractivity contribution in [3.05, 3.63) is 41.2 Å². The number of fused-ring (bicyclic) bond motifs is 1. The number of nitrogens with one attached hydrogen (secondary N) is 1. The smallest absolute Gasteiger partial charge is 0.313 e. The van der Waals surface area contributed by atoms with E-state index in [1.807, 2.05) is 0 Å². The molecule has 0 aromatic carbocycles. The second-order valence-corrected chi connectivity index (χ2v) is 4.17. The number of nitrogens with zero attached hydrogens (tertiary/aromatic N) is 4. The van der Waals surface area contributed by atoms with Crippen LogP contribution in [0.25, 0.3) is 5.65 Å². The van der Waals surface area contributed by atoms with Gasteiger partial charge in [0, 0.05) is 18.9 Å². The molecule has 0 saturated heterocycles. The summed E-state index contributed by atoms with van der Waals surface area (Å²) < 4.78 is 2.88. The van der Waals surface area contributed by atoms with Crippen molar-refractivity contribution in [2.24, 2.45) is 0 Å². The second kappa shape index (κ2) is 5.59. The van der Waals surface area contributed by atoms with Crippen LogP contribution < -0.4 is 11.0 Å². The molecular weight excluding hydrogens is 230 g/mol. The van der Waals surface area contributed by atoms with Gasteiger partial charge in [-0.15, -0.1) is 5.10 Å². The first-order valence-electron chi connectivity index (χ1n) is 5.99. The summed E-state index contributed by atoms with van der Waals surface area (Å²) in [5, 5.41) is 7.44. The summed E-state index contributed by atoms with van der Waals surface area (Å²) in [5.41, 5.74) is 1.32. The largest absolute Gasteiger partial charge is 0.350 e. The summed E-state index contributed by atoms with van der Waals surface area (Å²) in [6.07, 6.45) is 5.82. The normalized spacial score (nSPS) is 10.9. The van der Waals surface area contributed by atoms with Gasteiger partial charge >= 0.3 is 5.69 Å². The van der Waals surface area contributed by atoms with Crippen LogP contribution in [0.1, 0.15) is 13.3 Å². The number of aromatic nitrogens is 4. The first kappa shape index (κ1) is 12.5. The average molecular weight is 247 g/mol. The molecular formula is C12H17N5O. The zero-order valence-electron chi connectivity index (χ0n) is 10.5. The maximum absolute atomic E-state index is 12.0. The van der Waals surface area contributed by atoms with Crippen LogP contribution in [0.2, 0.25) is 0 Å². The van der Waals surface area contributed by atoms with Crippen molar-refractivity contribution in [1.29, 1.82) is 0 Å². The predicted molar refractivity (Wildman–Crippen MR) is 69.5 cm³/mol. The van der Waals surface area contributed by atoms with Crippen LogP contribution in [-0.2, 0) is 6.54 Å². The van der Waals surface area contributed by atoms with Crippen LogP contribution in [0, 0.1) is 0 Å². The molecule has 6 nitrogen and oxygen atoms in total. The van der Waals surface area contributed by atoms with Crippen molar-refractivity contribution in [3.63, 3.8) is 0 Å².